The highest BCUT2D eigenvalue weighted by Gasteiger charge is 2.02. The normalized spacial score (nSPS) is 11.4. The maximum absolute atomic E-state index is 11.9. The lowest BCUT2D eigenvalue weighted by atomic mass is 10.1. The molecule has 0 spiro atoms. The summed E-state index contributed by atoms with van der Waals surface area (Å²) >= 11 is 0. The van der Waals surface area contributed by atoms with Crippen molar-refractivity contribution in [1.82, 2.24) is 0 Å². The van der Waals surface area contributed by atoms with Crippen LogP contribution in [0.25, 0.3) is 12.2 Å². The van der Waals surface area contributed by atoms with E-state index in [-0.39, 0.29) is 11.5 Å². The molecule has 1 N–H and O–H groups in total. The molecule has 0 saturated heterocycles. The Morgan fingerprint density at radius 3 is 2.30 bits per heavy atom. The van der Waals surface area contributed by atoms with Crippen molar-refractivity contribution in [1.29, 1.82) is 0 Å². The van der Waals surface area contributed by atoms with Crippen molar-refractivity contribution in [2.24, 2.45) is 0 Å². The quantitative estimate of drug-likeness (QED) is 0.558. The molecule has 0 saturated carbocycles. The summed E-state index contributed by atoms with van der Waals surface area (Å²) in [6.07, 6.45) is 9.76. The van der Waals surface area contributed by atoms with Crippen LogP contribution in [0, 0.1) is 0 Å². The number of allylic oxidation sites excluding steroid dienone is 4. The number of methoxy groups -OCH3 is 3. The molecule has 2 aromatic rings. The first kappa shape index (κ1) is 19.8. The molecule has 0 aliphatic heterocycles. The smallest absolute Gasteiger partial charge is 0.178 e. The van der Waals surface area contributed by atoms with Crippen molar-refractivity contribution in [2.75, 3.05) is 21.3 Å². The molecule has 0 bridgehead atoms. The Balaban J connectivity index is 1.98. The number of hydrogen-bond acceptors (Lipinski definition) is 5. The fraction of sp³-hybridized carbons (Fsp3) is 0.136. The lowest BCUT2D eigenvalue weighted by molar-refractivity contribution is -0.110. The zero-order chi connectivity index (χ0) is 19.6. The summed E-state index contributed by atoms with van der Waals surface area (Å²) in [7, 11) is 4.67. The molecule has 0 aliphatic carbocycles. The first-order valence-corrected chi connectivity index (χ1v) is 8.23. The minimum Gasteiger partial charge on any atom is -0.504 e. The Hall–Kier alpha value is -3.47. The van der Waals surface area contributed by atoms with Crippen LogP contribution in [-0.4, -0.2) is 32.2 Å². The summed E-state index contributed by atoms with van der Waals surface area (Å²) < 4.78 is 15.5. The lowest BCUT2D eigenvalue weighted by Gasteiger charge is -2.06. The topological polar surface area (TPSA) is 65.0 Å². The Morgan fingerprint density at radius 2 is 1.63 bits per heavy atom. The number of benzene rings is 2. The predicted molar refractivity (Wildman–Crippen MR) is 106 cm³/mol. The number of phenolic OH excluding ortho intramolecular Hbond substituents is 1. The number of carbonyl (C=O) groups is 1. The molecule has 5 nitrogen and oxygen atoms in total. The summed E-state index contributed by atoms with van der Waals surface area (Å²) in [5.41, 5.74) is 1.58. The average Bonchev–Trinajstić information content (AvgIpc) is 2.69. The van der Waals surface area contributed by atoms with Crippen LogP contribution in [0.3, 0.4) is 0 Å². The highest BCUT2D eigenvalue weighted by molar-refractivity contribution is 6.02. The largest absolute Gasteiger partial charge is 0.504 e. The number of aromatic hydroxyl groups is 1. The molecule has 0 fully saturated rings. The third-order valence-corrected chi connectivity index (χ3v) is 3.73. The second kappa shape index (κ2) is 9.87. The first-order chi connectivity index (χ1) is 13.1. The van der Waals surface area contributed by atoms with Gasteiger partial charge in [0.25, 0.3) is 0 Å². The van der Waals surface area contributed by atoms with Gasteiger partial charge in [-0.1, -0.05) is 30.4 Å². The molecule has 2 rings (SSSR count). The van der Waals surface area contributed by atoms with E-state index < -0.39 is 0 Å². The fourth-order valence-corrected chi connectivity index (χ4v) is 2.31. The minimum atomic E-state index is -0.170. The van der Waals surface area contributed by atoms with E-state index in [1.807, 2.05) is 18.2 Å². The van der Waals surface area contributed by atoms with E-state index in [4.69, 9.17) is 14.2 Å². The molecule has 0 aliphatic rings. The van der Waals surface area contributed by atoms with Gasteiger partial charge < -0.3 is 19.3 Å². The van der Waals surface area contributed by atoms with Gasteiger partial charge in [-0.15, -0.1) is 0 Å². The van der Waals surface area contributed by atoms with E-state index in [1.165, 1.54) is 25.3 Å². The summed E-state index contributed by atoms with van der Waals surface area (Å²) in [6, 6.07) is 10.4. The SMILES string of the molecule is COc1ccc(/C=C/C=C/C(=O)/C=C/c2ccc(OC)c(O)c2)c(OC)c1. The van der Waals surface area contributed by atoms with E-state index in [0.29, 0.717) is 22.8 Å². The molecule has 0 heterocycles. The molecule has 2 aromatic carbocycles. The van der Waals surface area contributed by atoms with E-state index in [0.717, 1.165) is 5.56 Å². The first-order valence-electron chi connectivity index (χ1n) is 8.23. The van der Waals surface area contributed by atoms with Gasteiger partial charge in [-0.25, -0.2) is 0 Å². The zero-order valence-electron chi connectivity index (χ0n) is 15.5. The van der Waals surface area contributed by atoms with Crippen LogP contribution in [0.5, 0.6) is 23.0 Å². The lowest BCUT2D eigenvalue weighted by Crippen LogP contribution is -1.89. The standard InChI is InChI=1S/C22H22O5/c1-25-19-12-10-17(22(15-19)27-3)6-4-5-7-18(23)11-8-16-9-13-21(26-2)20(24)14-16/h4-15,24H,1-3H3/b6-4+,7-5+,11-8+. The maximum atomic E-state index is 11.9. The van der Waals surface area contributed by atoms with Crippen LogP contribution in [0.15, 0.2) is 60.7 Å². The molecule has 140 valence electrons. The number of carbonyl (C=O) groups excluding carboxylic acids is 1. The van der Waals surface area contributed by atoms with Gasteiger partial charge >= 0.3 is 0 Å². The second-order valence-corrected chi connectivity index (χ2v) is 5.49. The van der Waals surface area contributed by atoms with E-state index in [1.54, 1.807) is 50.6 Å². The third-order valence-electron chi connectivity index (χ3n) is 3.73. The molecule has 27 heavy (non-hydrogen) atoms. The molecule has 0 atom stereocenters. The Kier molecular flexibility index (Phi) is 7.26. The van der Waals surface area contributed by atoms with Crippen molar-refractivity contribution in [2.45, 2.75) is 0 Å². The number of phenols is 1. The van der Waals surface area contributed by atoms with Gasteiger partial charge in [0.05, 0.1) is 21.3 Å². The van der Waals surface area contributed by atoms with Gasteiger partial charge in [0.15, 0.2) is 17.3 Å². The van der Waals surface area contributed by atoms with Gasteiger partial charge in [0, 0.05) is 11.6 Å². The van der Waals surface area contributed by atoms with Gasteiger partial charge in [-0.05, 0) is 42.0 Å². The summed E-state index contributed by atoms with van der Waals surface area (Å²) in [5, 5.41) is 9.73. The summed E-state index contributed by atoms with van der Waals surface area (Å²) in [4.78, 5) is 11.9. The predicted octanol–water partition coefficient (Wildman–Crippen LogP) is 4.27. The molecule has 5 heteroatoms. The van der Waals surface area contributed by atoms with Gasteiger partial charge in [0.2, 0.25) is 0 Å². The van der Waals surface area contributed by atoms with Gasteiger partial charge in [-0.2, -0.15) is 0 Å². The van der Waals surface area contributed by atoms with Crippen LogP contribution in [0.2, 0.25) is 0 Å². The number of ketones is 1. The Labute approximate surface area is 158 Å². The Morgan fingerprint density at radius 1 is 0.852 bits per heavy atom. The van der Waals surface area contributed by atoms with Crippen molar-refractivity contribution in [3.05, 3.63) is 71.8 Å². The number of ether oxygens (including phenoxy) is 3. The summed E-state index contributed by atoms with van der Waals surface area (Å²) in [5.74, 6) is 1.64. The number of hydrogen-bond donors (Lipinski definition) is 1. The van der Waals surface area contributed by atoms with Crippen molar-refractivity contribution >= 4 is 17.9 Å². The van der Waals surface area contributed by atoms with Crippen LogP contribution in [0.4, 0.5) is 0 Å². The monoisotopic (exact) mass is 366 g/mol. The molecule has 0 aromatic heterocycles. The average molecular weight is 366 g/mol. The van der Waals surface area contributed by atoms with E-state index >= 15 is 0 Å². The van der Waals surface area contributed by atoms with Crippen molar-refractivity contribution in [3.8, 4) is 23.0 Å². The molecular formula is C22H22O5. The molecular weight excluding hydrogens is 344 g/mol. The summed E-state index contributed by atoms with van der Waals surface area (Å²) in [6.45, 7) is 0. The fourth-order valence-electron chi connectivity index (χ4n) is 2.31. The zero-order valence-corrected chi connectivity index (χ0v) is 15.5. The van der Waals surface area contributed by atoms with Crippen molar-refractivity contribution in [3.63, 3.8) is 0 Å². The van der Waals surface area contributed by atoms with Crippen LogP contribution in [0.1, 0.15) is 11.1 Å². The minimum absolute atomic E-state index is 0.0269. The molecule has 0 radical (unpaired) electrons. The van der Waals surface area contributed by atoms with Gasteiger partial charge in [-0.3, -0.25) is 4.79 Å². The van der Waals surface area contributed by atoms with E-state index in [9.17, 15) is 9.90 Å². The van der Waals surface area contributed by atoms with Crippen LogP contribution in [-0.2, 0) is 4.79 Å². The molecule has 0 amide bonds. The second-order valence-electron chi connectivity index (χ2n) is 5.49. The van der Waals surface area contributed by atoms with Crippen LogP contribution < -0.4 is 14.2 Å². The number of rotatable bonds is 8. The van der Waals surface area contributed by atoms with Crippen molar-refractivity contribution < 1.29 is 24.1 Å². The molecule has 0 unspecified atom stereocenters. The van der Waals surface area contributed by atoms with E-state index in [2.05, 4.69) is 0 Å². The highest BCUT2D eigenvalue weighted by Crippen LogP contribution is 2.27. The third kappa shape index (κ3) is 5.78. The van der Waals surface area contributed by atoms with Crippen LogP contribution >= 0.6 is 0 Å². The highest BCUT2D eigenvalue weighted by atomic mass is 16.5. The maximum Gasteiger partial charge on any atom is 0.178 e. The van der Waals surface area contributed by atoms with Gasteiger partial charge in [0.1, 0.15) is 11.5 Å². The Bertz CT molecular complexity index is 878.